The topological polar surface area (TPSA) is 41.5 Å². The molecule has 4 heteroatoms. The average Bonchev–Trinajstić information content (AvgIpc) is 2.99. The van der Waals surface area contributed by atoms with Crippen molar-refractivity contribution >= 4 is 22.6 Å². The van der Waals surface area contributed by atoms with Crippen LogP contribution in [0.1, 0.15) is 59.3 Å². The van der Waals surface area contributed by atoms with Crippen LogP contribution in [0.3, 0.4) is 0 Å². The van der Waals surface area contributed by atoms with Crippen LogP contribution in [0.15, 0.2) is 5.10 Å². The number of nitrogens with one attached hydrogen (secondary N) is 1. The van der Waals surface area contributed by atoms with Crippen molar-refractivity contribution in [2.75, 3.05) is 0 Å². The Morgan fingerprint density at radius 2 is 1.95 bits per heavy atom. The van der Waals surface area contributed by atoms with Crippen LogP contribution in [0.4, 0.5) is 0 Å². The van der Waals surface area contributed by atoms with Gasteiger partial charge in [-0.3, -0.25) is 4.79 Å². The molecule has 1 N–H and O–H groups in total. The lowest BCUT2D eigenvalue weighted by Crippen LogP contribution is -2.38. The number of fused-ring (bicyclic) bond motifs is 3. The highest BCUT2D eigenvalue weighted by Gasteiger charge is 2.66. The van der Waals surface area contributed by atoms with E-state index in [-0.39, 0.29) is 22.0 Å². The number of carbonyl (C=O) groups is 1. The van der Waals surface area contributed by atoms with Crippen molar-refractivity contribution in [1.29, 1.82) is 0 Å². The Hall–Kier alpha value is -0.510. The predicted molar refractivity (Wildman–Crippen MR) is 87.3 cm³/mol. The van der Waals surface area contributed by atoms with Gasteiger partial charge in [0.25, 0.3) is 0 Å². The summed E-state index contributed by atoms with van der Waals surface area (Å²) in [6.45, 7) is 6.96. The fourth-order valence-corrected chi connectivity index (χ4v) is 6.99. The van der Waals surface area contributed by atoms with Gasteiger partial charge in [0.05, 0.1) is 16.3 Å². The maximum absolute atomic E-state index is 12.8. The number of rotatable bonds is 1. The molecule has 0 aromatic rings. The lowest BCUT2D eigenvalue weighted by atomic mass is 9.71. The summed E-state index contributed by atoms with van der Waals surface area (Å²) in [6.07, 6.45) is 7.40. The van der Waals surface area contributed by atoms with Crippen molar-refractivity contribution in [3.63, 3.8) is 0 Å². The molecule has 0 saturated heterocycles. The highest BCUT2D eigenvalue weighted by Crippen LogP contribution is 2.67. The van der Waals surface area contributed by atoms with Gasteiger partial charge in [-0.1, -0.05) is 45.4 Å². The van der Waals surface area contributed by atoms with Crippen LogP contribution in [0.25, 0.3) is 0 Å². The number of carbonyl (C=O) groups excluding carboxylic acids is 1. The van der Waals surface area contributed by atoms with Crippen molar-refractivity contribution in [2.24, 2.45) is 27.8 Å². The van der Waals surface area contributed by atoms with Gasteiger partial charge < -0.3 is 5.43 Å². The maximum Gasteiger partial charge on any atom is 0.150 e. The SMILES string of the molecule is CC1(C)[C@H]2CC[C@@]1(C)[C@H](SC1=NN[C@@H]3CCCC[C@H]13)C2=O. The quantitative estimate of drug-likeness (QED) is 0.805. The summed E-state index contributed by atoms with van der Waals surface area (Å²) in [4.78, 5) is 12.8. The monoisotopic (exact) mass is 306 g/mol. The summed E-state index contributed by atoms with van der Waals surface area (Å²) in [5, 5.41) is 5.97. The van der Waals surface area contributed by atoms with E-state index in [2.05, 4.69) is 31.3 Å². The first-order valence-corrected chi connectivity index (χ1v) is 9.36. The van der Waals surface area contributed by atoms with Crippen molar-refractivity contribution in [3.8, 4) is 0 Å². The Balaban J connectivity index is 1.57. The molecule has 0 radical (unpaired) electrons. The molecular formula is C17H26N2OS. The minimum Gasteiger partial charge on any atom is -0.306 e. The Labute approximate surface area is 131 Å². The van der Waals surface area contributed by atoms with Crippen molar-refractivity contribution in [2.45, 2.75) is 70.6 Å². The first-order chi connectivity index (χ1) is 9.95. The zero-order chi connectivity index (χ0) is 14.8. The van der Waals surface area contributed by atoms with E-state index in [1.54, 1.807) is 0 Å². The van der Waals surface area contributed by atoms with E-state index in [1.807, 2.05) is 11.8 Å². The molecule has 0 amide bonds. The van der Waals surface area contributed by atoms with Crippen LogP contribution < -0.4 is 5.43 Å². The first-order valence-electron chi connectivity index (χ1n) is 8.48. The van der Waals surface area contributed by atoms with Gasteiger partial charge in [-0.2, -0.15) is 5.10 Å². The third-order valence-corrected chi connectivity index (χ3v) is 8.76. The lowest BCUT2D eigenvalue weighted by Gasteiger charge is -2.38. The molecule has 4 aliphatic rings. The normalized spacial score (nSPS) is 47.2. The molecule has 0 unspecified atom stereocenters. The Morgan fingerprint density at radius 1 is 1.19 bits per heavy atom. The number of Topliss-reactive ketones (excluding diaryl/α,β-unsaturated/α-hetero) is 1. The molecule has 116 valence electrons. The van der Waals surface area contributed by atoms with Crippen molar-refractivity contribution < 1.29 is 4.79 Å². The van der Waals surface area contributed by atoms with E-state index in [1.165, 1.54) is 37.1 Å². The zero-order valence-corrected chi connectivity index (χ0v) is 14.1. The first kappa shape index (κ1) is 14.1. The second-order valence-electron chi connectivity index (χ2n) is 8.21. The highest BCUT2D eigenvalue weighted by atomic mass is 32.2. The summed E-state index contributed by atoms with van der Waals surface area (Å²) in [6, 6.07) is 0.538. The fourth-order valence-electron chi connectivity index (χ4n) is 5.22. The fraction of sp³-hybridized carbons (Fsp3) is 0.882. The molecule has 0 aromatic heterocycles. The van der Waals surface area contributed by atoms with E-state index in [9.17, 15) is 4.79 Å². The maximum atomic E-state index is 12.8. The zero-order valence-electron chi connectivity index (χ0n) is 13.3. The van der Waals surface area contributed by atoms with E-state index in [0.717, 1.165) is 6.42 Å². The van der Waals surface area contributed by atoms with E-state index in [4.69, 9.17) is 0 Å². The molecule has 3 fully saturated rings. The Kier molecular flexibility index (Phi) is 3.02. The Morgan fingerprint density at radius 3 is 2.67 bits per heavy atom. The van der Waals surface area contributed by atoms with Gasteiger partial charge in [0.1, 0.15) is 5.78 Å². The van der Waals surface area contributed by atoms with E-state index < -0.39 is 0 Å². The predicted octanol–water partition coefficient (Wildman–Crippen LogP) is 3.59. The molecule has 3 nitrogen and oxygen atoms in total. The molecule has 2 bridgehead atoms. The van der Waals surface area contributed by atoms with Gasteiger partial charge in [0.15, 0.2) is 0 Å². The van der Waals surface area contributed by atoms with E-state index in [0.29, 0.717) is 17.7 Å². The molecule has 1 aliphatic heterocycles. The van der Waals surface area contributed by atoms with Crippen LogP contribution in [-0.4, -0.2) is 22.1 Å². The molecule has 5 atom stereocenters. The van der Waals surface area contributed by atoms with Crippen molar-refractivity contribution in [3.05, 3.63) is 0 Å². The van der Waals surface area contributed by atoms with Crippen LogP contribution in [0.5, 0.6) is 0 Å². The molecule has 21 heavy (non-hydrogen) atoms. The van der Waals surface area contributed by atoms with Crippen LogP contribution >= 0.6 is 11.8 Å². The second kappa shape index (κ2) is 4.50. The molecule has 4 rings (SSSR count). The standard InChI is InChI=1S/C17H26N2OS/c1-16(2)11-8-9-17(16,3)14(13(11)20)21-15-10-6-4-5-7-12(10)18-19-15/h10-12,14,18H,4-9H2,1-3H3/t10-,11-,12+,14+,17-/m0/s1. The molecule has 3 saturated carbocycles. The summed E-state index contributed by atoms with van der Waals surface area (Å²) >= 11 is 1.81. The molecule has 0 aromatic carbocycles. The van der Waals surface area contributed by atoms with Gasteiger partial charge in [0, 0.05) is 11.8 Å². The van der Waals surface area contributed by atoms with Gasteiger partial charge in [0.2, 0.25) is 0 Å². The molecule has 3 aliphatic carbocycles. The van der Waals surface area contributed by atoms with Gasteiger partial charge in [-0.25, -0.2) is 0 Å². The minimum absolute atomic E-state index is 0.132. The number of hydrazone groups is 1. The number of hydrogen-bond donors (Lipinski definition) is 1. The lowest BCUT2D eigenvalue weighted by molar-refractivity contribution is -0.122. The smallest absolute Gasteiger partial charge is 0.150 e. The molecule has 0 spiro atoms. The van der Waals surface area contributed by atoms with Crippen molar-refractivity contribution in [1.82, 2.24) is 5.43 Å². The summed E-state index contributed by atoms with van der Waals surface area (Å²) in [5.74, 6) is 1.35. The third-order valence-electron chi connectivity index (χ3n) is 7.14. The average molecular weight is 306 g/mol. The molecular weight excluding hydrogens is 280 g/mol. The summed E-state index contributed by atoms with van der Waals surface area (Å²) in [7, 11) is 0. The van der Waals surface area contributed by atoms with Gasteiger partial charge in [-0.15, -0.1) is 0 Å². The highest BCUT2D eigenvalue weighted by molar-refractivity contribution is 8.15. The van der Waals surface area contributed by atoms with Gasteiger partial charge in [-0.05, 0) is 36.5 Å². The van der Waals surface area contributed by atoms with Crippen LogP contribution in [0.2, 0.25) is 0 Å². The number of hydrogen-bond acceptors (Lipinski definition) is 4. The van der Waals surface area contributed by atoms with Crippen LogP contribution in [-0.2, 0) is 4.79 Å². The molecule has 1 heterocycles. The Bertz CT molecular complexity index is 515. The number of thioether (sulfide) groups is 1. The van der Waals surface area contributed by atoms with Gasteiger partial charge >= 0.3 is 0 Å². The second-order valence-corrected chi connectivity index (χ2v) is 9.33. The number of ketones is 1. The largest absolute Gasteiger partial charge is 0.306 e. The number of nitrogens with zero attached hydrogens (tertiary/aromatic N) is 1. The minimum atomic E-state index is 0.132. The van der Waals surface area contributed by atoms with E-state index >= 15 is 0 Å². The summed E-state index contributed by atoms with van der Waals surface area (Å²) < 4.78 is 0. The third kappa shape index (κ3) is 1.74. The summed E-state index contributed by atoms with van der Waals surface area (Å²) in [5.41, 5.74) is 3.63. The van der Waals surface area contributed by atoms with Crippen LogP contribution in [0, 0.1) is 22.7 Å².